The van der Waals surface area contributed by atoms with Gasteiger partial charge in [-0.15, -0.1) is 0 Å². The number of rotatable bonds is 4. The predicted octanol–water partition coefficient (Wildman–Crippen LogP) is 3.91. The van der Waals surface area contributed by atoms with Crippen LogP contribution in [-0.2, 0) is 11.3 Å². The first-order valence-electron chi connectivity index (χ1n) is 8.63. The lowest BCUT2D eigenvalue weighted by Gasteiger charge is -2.31. The van der Waals surface area contributed by atoms with E-state index in [1.165, 1.54) is 5.56 Å². The predicted molar refractivity (Wildman–Crippen MR) is 95.7 cm³/mol. The summed E-state index contributed by atoms with van der Waals surface area (Å²) in [4.78, 5) is 18.4. The van der Waals surface area contributed by atoms with Gasteiger partial charge < -0.3 is 14.4 Å². The Labute approximate surface area is 148 Å². The first kappa shape index (κ1) is 17.3. The number of piperidine rings is 1. The van der Waals surface area contributed by atoms with Gasteiger partial charge in [-0.05, 0) is 42.9 Å². The lowest BCUT2D eigenvalue weighted by Crippen LogP contribution is -2.38. The van der Waals surface area contributed by atoms with Gasteiger partial charge in [-0.1, -0.05) is 30.3 Å². The molecule has 0 aliphatic carbocycles. The van der Waals surface area contributed by atoms with E-state index in [9.17, 15) is 4.79 Å². The SMILES string of the molecule is COc1cc(C2CCN(C(=O)OCc3ccccc3)CC2)cnc1C. The molecule has 1 aromatic heterocycles. The van der Waals surface area contributed by atoms with Crippen LogP contribution >= 0.6 is 0 Å². The van der Waals surface area contributed by atoms with Gasteiger partial charge in [-0.2, -0.15) is 0 Å². The van der Waals surface area contributed by atoms with Gasteiger partial charge in [0, 0.05) is 19.3 Å². The van der Waals surface area contributed by atoms with Crippen LogP contribution in [0.4, 0.5) is 4.79 Å². The number of aromatic nitrogens is 1. The summed E-state index contributed by atoms with van der Waals surface area (Å²) < 4.78 is 10.8. The van der Waals surface area contributed by atoms with E-state index in [1.54, 1.807) is 12.0 Å². The molecule has 0 saturated carbocycles. The van der Waals surface area contributed by atoms with Gasteiger partial charge in [0.15, 0.2) is 0 Å². The van der Waals surface area contributed by atoms with Crippen LogP contribution in [0.15, 0.2) is 42.6 Å². The number of methoxy groups -OCH3 is 1. The molecule has 0 spiro atoms. The summed E-state index contributed by atoms with van der Waals surface area (Å²) in [5.41, 5.74) is 3.08. The highest BCUT2D eigenvalue weighted by molar-refractivity contribution is 5.67. The Balaban J connectivity index is 1.52. The second kappa shape index (κ2) is 8.01. The molecule has 0 N–H and O–H groups in total. The molecule has 5 heteroatoms. The maximum absolute atomic E-state index is 12.2. The normalized spacial score (nSPS) is 15.0. The van der Waals surface area contributed by atoms with Crippen molar-refractivity contribution in [2.24, 2.45) is 0 Å². The molecule has 132 valence electrons. The lowest BCUT2D eigenvalue weighted by molar-refractivity contribution is 0.0870. The first-order chi connectivity index (χ1) is 12.2. The Bertz CT molecular complexity index is 710. The maximum atomic E-state index is 12.2. The summed E-state index contributed by atoms with van der Waals surface area (Å²) in [5.74, 6) is 1.22. The number of hydrogen-bond donors (Lipinski definition) is 0. The molecule has 5 nitrogen and oxygen atoms in total. The minimum absolute atomic E-state index is 0.234. The van der Waals surface area contributed by atoms with Crippen LogP contribution in [0.1, 0.15) is 35.6 Å². The minimum atomic E-state index is -0.234. The number of pyridine rings is 1. The highest BCUT2D eigenvalue weighted by atomic mass is 16.6. The van der Waals surface area contributed by atoms with Crippen LogP contribution in [0, 0.1) is 6.92 Å². The molecule has 1 saturated heterocycles. The van der Waals surface area contributed by atoms with Gasteiger partial charge in [-0.25, -0.2) is 4.79 Å². The fraction of sp³-hybridized carbons (Fsp3) is 0.400. The van der Waals surface area contributed by atoms with Crippen molar-refractivity contribution >= 4 is 6.09 Å². The molecule has 1 amide bonds. The quantitative estimate of drug-likeness (QED) is 0.846. The van der Waals surface area contributed by atoms with Crippen molar-refractivity contribution in [3.05, 3.63) is 59.4 Å². The Hall–Kier alpha value is -2.56. The van der Waals surface area contributed by atoms with E-state index < -0.39 is 0 Å². The molecule has 0 radical (unpaired) electrons. The number of carbonyl (C=O) groups excluding carboxylic acids is 1. The Kier molecular flexibility index (Phi) is 5.53. The third kappa shape index (κ3) is 4.29. The van der Waals surface area contributed by atoms with Crippen molar-refractivity contribution in [1.82, 2.24) is 9.88 Å². The highest BCUT2D eigenvalue weighted by Crippen LogP contribution is 2.30. The van der Waals surface area contributed by atoms with E-state index in [4.69, 9.17) is 9.47 Å². The van der Waals surface area contributed by atoms with Crippen molar-refractivity contribution in [2.75, 3.05) is 20.2 Å². The minimum Gasteiger partial charge on any atom is -0.495 e. The second-order valence-corrected chi connectivity index (χ2v) is 6.36. The molecule has 0 bridgehead atoms. The molecule has 1 aliphatic heterocycles. The van der Waals surface area contributed by atoms with Gasteiger partial charge >= 0.3 is 6.09 Å². The van der Waals surface area contributed by atoms with Crippen LogP contribution in [0.2, 0.25) is 0 Å². The topological polar surface area (TPSA) is 51.7 Å². The van der Waals surface area contributed by atoms with Crippen molar-refractivity contribution in [2.45, 2.75) is 32.3 Å². The number of benzene rings is 1. The Morgan fingerprint density at radius 1 is 1.24 bits per heavy atom. The van der Waals surface area contributed by atoms with Crippen molar-refractivity contribution < 1.29 is 14.3 Å². The number of carbonyl (C=O) groups is 1. The number of nitrogens with zero attached hydrogens (tertiary/aromatic N) is 2. The van der Waals surface area contributed by atoms with Gasteiger partial charge in [0.2, 0.25) is 0 Å². The third-order valence-corrected chi connectivity index (χ3v) is 4.71. The smallest absolute Gasteiger partial charge is 0.410 e. The molecular formula is C20H24N2O3. The third-order valence-electron chi connectivity index (χ3n) is 4.71. The van der Waals surface area contributed by atoms with Gasteiger partial charge in [0.05, 0.1) is 12.8 Å². The monoisotopic (exact) mass is 340 g/mol. The fourth-order valence-electron chi connectivity index (χ4n) is 3.16. The Morgan fingerprint density at radius 2 is 1.96 bits per heavy atom. The van der Waals surface area contributed by atoms with E-state index >= 15 is 0 Å². The van der Waals surface area contributed by atoms with Gasteiger partial charge in [-0.3, -0.25) is 4.98 Å². The molecule has 3 rings (SSSR count). The molecule has 1 aliphatic rings. The summed E-state index contributed by atoms with van der Waals surface area (Å²) in [5, 5.41) is 0. The van der Waals surface area contributed by atoms with E-state index in [0.29, 0.717) is 25.6 Å². The van der Waals surface area contributed by atoms with Crippen LogP contribution in [0.25, 0.3) is 0 Å². The van der Waals surface area contributed by atoms with Crippen LogP contribution in [-0.4, -0.2) is 36.2 Å². The summed E-state index contributed by atoms with van der Waals surface area (Å²) in [7, 11) is 1.67. The number of ether oxygens (including phenoxy) is 2. The van der Waals surface area contributed by atoms with Crippen LogP contribution in [0.3, 0.4) is 0 Å². The van der Waals surface area contributed by atoms with E-state index in [0.717, 1.165) is 29.8 Å². The van der Waals surface area contributed by atoms with Crippen molar-refractivity contribution in [3.63, 3.8) is 0 Å². The Morgan fingerprint density at radius 3 is 2.64 bits per heavy atom. The molecule has 25 heavy (non-hydrogen) atoms. The number of aryl methyl sites for hydroxylation is 1. The molecule has 0 atom stereocenters. The molecular weight excluding hydrogens is 316 g/mol. The van der Waals surface area contributed by atoms with Crippen LogP contribution in [0.5, 0.6) is 5.75 Å². The summed E-state index contributed by atoms with van der Waals surface area (Å²) in [6.45, 7) is 3.66. The molecule has 0 unspecified atom stereocenters. The molecule has 1 fully saturated rings. The average molecular weight is 340 g/mol. The van der Waals surface area contributed by atoms with Gasteiger partial charge in [0.25, 0.3) is 0 Å². The maximum Gasteiger partial charge on any atom is 0.410 e. The van der Waals surface area contributed by atoms with Crippen LogP contribution < -0.4 is 4.74 Å². The highest BCUT2D eigenvalue weighted by Gasteiger charge is 2.25. The molecule has 2 aromatic rings. The zero-order valence-corrected chi connectivity index (χ0v) is 14.8. The van der Waals surface area contributed by atoms with Crippen molar-refractivity contribution in [1.29, 1.82) is 0 Å². The number of amides is 1. The fourth-order valence-corrected chi connectivity index (χ4v) is 3.16. The number of hydrogen-bond acceptors (Lipinski definition) is 4. The average Bonchev–Trinajstić information content (AvgIpc) is 2.67. The molecule has 1 aromatic carbocycles. The zero-order valence-electron chi connectivity index (χ0n) is 14.8. The lowest BCUT2D eigenvalue weighted by atomic mass is 9.90. The summed E-state index contributed by atoms with van der Waals surface area (Å²) in [6.07, 6.45) is 3.51. The van der Waals surface area contributed by atoms with E-state index in [2.05, 4.69) is 11.1 Å². The standard InChI is InChI=1S/C20H24N2O3/c1-15-19(24-2)12-18(13-21-15)17-8-10-22(11-9-17)20(23)25-14-16-6-4-3-5-7-16/h3-7,12-13,17H,8-11,14H2,1-2H3. The van der Waals surface area contributed by atoms with E-state index in [-0.39, 0.29) is 6.09 Å². The largest absolute Gasteiger partial charge is 0.495 e. The zero-order chi connectivity index (χ0) is 17.6. The second-order valence-electron chi connectivity index (χ2n) is 6.36. The molecule has 2 heterocycles. The van der Waals surface area contributed by atoms with E-state index in [1.807, 2.05) is 43.5 Å². The summed E-state index contributed by atoms with van der Waals surface area (Å²) in [6, 6.07) is 11.8. The van der Waals surface area contributed by atoms with Gasteiger partial charge in [0.1, 0.15) is 12.4 Å². The van der Waals surface area contributed by atoms with Crippen molar-refractivity contribution in [3.8, 4) is 5.75 Å². The number of likely N-dealkylation sites (tertiary alicyclic amines) is 1. The summed E-state index contributed by atoms with van der Waals surface area (Å²) >= 11 is 0. The first-order valence-corrected chi connectivity index (χ1v) is 8.63.